The van der Waals surface area contributed by atoms with Crippen LogP contribution in [0.5, 0.6) is 5.75 Å². The molecule has 0 saturated carbocycles. The van der Waals surface area contributed by atoms with Crippen molar-refractivity contribution in [2.24, 2.45) is 5.10 Å². The quantitative estimate of drug-likeness (QED) is 0.556. The van der Waals surface area contributed by atoms with Crippen molar-refractivity contribution in [3.05, 3.63) is 64.3 Å². The number of carbonyl (C=O) groups is 1. The van der Waals surface area contributed by atoms with Crippen molar-refractivity contribution in [2.45, 2.75) is 0 Å². The first-order chi connectivity index (χ1) is 11.2. The lowest BCUT2D eigenvalue weighted by molar-refractivity contribution is 0.0929. The number of para-hydroxylation sites is 1. The van der Waals surface area contributed by atoms with Crippen molar-refractivity contribution in [3.63, 3.8) is 0 Å². The number of rotatable bonds is 4. The second-order valence-corrected chi connectivity index (χ2v) is 5.65. The van der Waals surface area contributed by atoms with Gasteiger partial charge in [-0.15, -0.1) is 0 Å². The van der Waals surface area contributed by atoms with Crippen LogP contribution in [0.3, 0.4) is 0 Å². The number of hydrazone groups is 1. The van der Waals surface area contributed by atoms with Crippen molar-refractivity contribution in [2.75, 3.05) is 7.11 Å². The van der Waals surface area contributed by atoms with Crippen LogP contribution >= 0.6 is 15.9 Å². The number of nitrogens with zero attached hydrogens (tertiary/aromatic N) is 1. The van der Waals surface area contributed by atoms with E-state index in [1.165, 1.54) is 6.21 Å². The standard InChI is InChI=1S/C17H13BrN2O3/c1-22-14-5-3-2-4-11(14)10-19-20-17(21)16-9-12-8-13(18)6-7-15(12)23-16/h2-10H,1H3,(H,20,21)/b19-10+. The summed E-state index contributed by atoms with van der Waals surface area (Å²) in [5.74, 6) is 0.470. The van der Waals surface area contributed by atoms with E-state index in [1.54, 1.807) is 19.2 Å². The summed E-state index contributed by atoms with van der Waals surface area (Å²) in [4.78, 5) is 12.1. The van der Waals surface area contributed by atoms with Gasteiger partial charge in [0.25, 0.3) is 0 Å². The molecule has 0 aliphatic heterocycles. The van der Waals surface area contributed by atoms with Gasteiger partial charge in [-0.1, -0.05) is 28.1 Å². The number of amides is 1. The Hall–Kier alpha value is -2.60. The Morgan fingerprint density at radius 1 is 1.26 bits per heavy atom. The Morgan fingerprint density at radius 3 is 2.91 bits per heavy atom. The normalized spacial score (nSPS) is 11.0. The molecule has 0 radical (unpaired) electrons. The molecule has 0 unspecified atom stereocenters. The lowest BCUT2D eigenvalue weighted by Crippen LogP contribution is -2.16. The van der Waals surface area contributed by atoms with Crippen LogP contribution in [0.25, 0.3) is 11.0 Å². The number of carbonyl (C=O) groups excluding carboxylic acids is 1. The Labute approximate surface area is 141 Å². The Kier molecular flexibility index (Phi) is 4.43. The molecule has 3 aromatic rings. The molecular formula is C17H13BrN2O3. The van der Waals surface area contributed by atoms with E-state index in [-0.39, 0.29) is 5.76 Å². The molecule has 0 atom stereocenters. The van der Waals surface area contributed by atoms with Crippen LogP contribution in [0.15, 0.2) is 62.5 Å². The number of methoxy groups -OCH3 is 1. The summed E-state index contributed by atoms with van der Waals surface area (Å²) in [7, 11) is 1.58. The zero-order valence-electron chi connectivity index (χ0n) is 12.2. The van der Waals surface area contributed by atoms with Gasteiger partial charge in [-0.05, 0) is 36.4 Å². The van der Waals surface area contributed by atoms with Crippen LogP contribution in [0.4, 0.5) is 0 Å². The van der Waals surface area contributed by atoms with E-state index in [2.05, 4.69) is 26.5 Å². The van der Waals surface area contributed by atoms with E-state index >= 15 is 0 Å². The van der Waals surface area contributed by atoms with E-state index < -0.39 is 5.91 Å². The lowest BCUT2D eigenvalue weighted by Gasteiger charge is -2.02. The summed E-state index contributed by atoms with van der Waals surface area (Å²) < 4.78 is 11.6. The zero-order chi connectivity index (χ0) is 16.2. The molecule has 1 N–H and O–H groups in total. The van der Waals surface area contributed by atoms with Gasteiger partial charge >= 0.3 is 5.91 Å². The van der Waals surface area contributed by atoms with Gasteiger partial charge in [-0.2, -0.15) is 5.10 Å². The zero-order valence-corrected chi connectivity index (χ0v) is 13.8. The monoisotopic (exact) mass is 372 g/mol. The first kappa shape index (κ1) is 15.3. The third-order valence-corrected chi connectivity index (χ3v) is 3.70. The number of hydrogen-bond donors (Lipinski definition) is 1. The largest absolute Gasteiger partial charge is 0.496 e. The SMILES string of the molecule is COc1ccccc1/C=N/NC(=O)c1cc2cc(Br)ccc2o1. The van der Waals surface area contributed by atoms with E-state index in [9.17, 15) is 4.79 Å². The lowest BCUT2D eigenvalue weighted by atomic mass is 10.2. The van der Waals surface area contributed by atoms with Gasteiger partial charge in [-0.25, -0.2) is 5.43 Å². The van der Waals surface area contributed by atoms with Gasteiger partial charge in [0, 0.05) is 15.4 Å². The summed E-state index contributed by atoms with van der Waals surface area (Å²) in [6.07, 6.45) is 1.52. The maximum atomic E-state index is 12.1. The number of benzene rings is 2. The summed E-state index contributed by atoms with van der Waals surface area (Å²) >= 11 is 3.38. The van der Waals surface area contributed by atoms with Crippen LogP contribution in [-0.4, -0.2) is 19.2 Å². The van der Waals surface area contributed by atoms with E-state index in [0.29, 0.717) is 11.3 Å². The second-order valence-electron chi connectivity index (χ2n) is 4.73. The molecule has 0 aliphatic rings. The first-order valence-electron chi connectivity index (χ1n) is 6.83. The highest BCUT2D eigenvalue weighted by Gasteiger charge is 2.11. The highest BCUT2D eigenvalue weighted by molar-refractivity contribution is 9.10. The first-order valence-corrected chi connectivity index (χ1v) is 7.62. The number of hydrogen-bond acceptors (Lipinski definition) is 4. The molecule has 23 heavy (non-hydrogen) atoms. The second kappa shape index (κ2) is 6.66. The summed E-state index contributed by atoms with van der Waals surface area (Å²) in [5.41, 5.74) is 3.86. The molecule has 0 spiro atoms. The Bertz CT molecular complexity index is 886. The maximum absolute atomic E-state index is 12.1. The van der Waals surface area contributed by atoms with Crippen LogP contribution in [-0.2, 0) is 0 Å². The van der Waals surface area contributed by atoms with Gasteiger partial charge in [0.05, 0.1) is 13.3 Å². The molecule has 0 bridgehead atoms. The molecular weight excluding hydrogens is 360 g/mol. The molecule has 0 aliphatic carbocycles. The van der Waals surface area contributed by atoms with Crippen molar-refractivity contribution < 1.29 is 13.9 Å². The van der Waals surface area contributed by atoms with Crippen molar-refractivity contribution in [1.82, 2.24) is 5.43 Å². The molecule has 1 aromatic heterocycles. The molecule has 0 fully saturated rings. The number of nitrogens with one attached hydrogen (secondary N) is 1. The molecule has 6 heteroatoms. The highest BCUT2D eigenvalue weighted by Crippen LogP contribution is 2.23. The Morgan fingerprint density at radius 2 is 2.09 bits per heavy atom. The molecule has 1 heterocycles. The van der Waals surface area contributed by atoms with Crippen molar-refractivity contribution in [1.29, 1.82) is 0 Å². The van der Waals surface area contributed by atoms with Crippen LogP contribution in [0.2, 0.25) is 0 Å². The topological polar surface area (TPSA) is 63.8 Å². The van der Waals surface area contributed by atoms with E-state index in [4.69, 9.17) is 9.15 Å². The summed E-state index contributed by atoms with van der Waals surface area (Å²) in [6, 6.07) is 14.6. The predicted octanol–water partition coefficient (Wildman–Crippen LogP) is 3.97. The average Bonchev–Trinajstić information content (AvgIpc) is 2.98. The smallest absolute Gasteiger partial charge is 0.307 e. The minimum atomic E-state index is -0.413. The van der Waals surface area contributed by atoms with E-state index in [1.807, 2.05) is 36.4 Å². The Balaban J connectivity index is 1.74. The third kappa shape index (κ3) is 3.43. The van der Waals surface area contributed by atoms with Crippen LogP contribution in [0, 0.1) is 0 Å². The predicted molar refractivity (Wildman–Crippen MR) is 92.0 cm³/mol. The van der Waals surface area contributed by atoms with E-state index in [0.717, 1.165) is 15.4 Å². The fraction of sp³-hybridized carbons (Fsp3) is 0.0588. The molecule has 2 aromatic carbocycles. The third-order valence-electron chi connectivity index (χ3n) is 3.21. The van der Waals surface area contributed by atoms with Crippen molar-refractivity contribution >= 4 is 39.0 Å². The number of furan rings is 1. The van der Waals surface area contributed by atoms with Gasteiger partial charge in [0.2, 0.25) is 0 Å². The summed E-state index contributed by atoms with van der Waals surface area (Å²) in [6.45, 7) is 0. The fourth-order valence-corrected chi connectivity index (χ4v) is 2.49. The van der Waals surface area contributed by atoms with Crippen molar-refractivity contribution in [3.8, 4) is 5.75 Å². The number of halogens is 1. The van der Waals surface area contributed by atoms with Crippen LogP contribution < -0.4 is 10.2 Å². The van der Waals surface area contributed by atoms with Gasteiger partial charge < -0.3 is 9.15 Å². The maximum Gasteiger partial charge on any atom is 0.307 e. The minimum absolute atomic E-state index is 0.204. The molecule has 3 rings (SSSR count). The van der Waals surface area contributed by atoms with Gasteiger partial charge in [-0.3, -0.25) is 4.79 Å². The van der Waals surface area contributed by atoms with Gasteiger partial charge in [0.15, 0.2) is 5.76 Å². The van der Waals surface area contributed by atoms with Gasteiger partial charge in [0.1, 0.15) is 11.3 Å². The fourth-order valence-electron chi connectivity index (χ4n) is 2.11. The minimum Gasteiger partial charge on any atom is -0.496 e. The molecule has 116 valence electrons. The average molecular weight is 373 g/mol. The highest BCUT2D eigenvalue weighted by atomic mass is 79.9. The van der Waals surface area contributed by atoms with Crippen LogP contribution in [0.1, 0.15) is 16.1 Å². The summed E-state index contributed by atoms with van der Waals surface area (Å²) in [5, 5.41) is 4.79. The molecule has 5 nitrogen and oxygen atoms in total. The molecule has 0 saturated heterocycles. The molecule has 1 amide bonds. The number of ether oxygens (including phenoxy) is 1. The number of fused-ring (bicyclic) bond motifs is 1.